The molecule has 1 fully saturated rings. The molecule has 0 spiro atoms. The van der Waals surface area contributed by atoms with Gasteiger partial charge in [-0.3, -0.25) is 0 Å². The van der Waals surface area contributed by atoms with Crippen molar-refractivity contribution in [2.24, 2.45) is 5.92 Å². The highest BCUT2D eigenvalue weighted by molar-refractivity contribution is 7.89. The molecule has 20 heavy (non-hydrogen) atoms. The first kappa shape index (κ1) is 15.3. The molecular formula is C14H22N2O3S. The van der Waals surface area contributed by atoms with E-state index in [1.165, 1.54) is 0 Å². The lowest BCUT2D eigenvalue weighted by Crippen LogP contribution is -2.38. The number of benzene rings is 1. The Morgan fingerprint density at radius 1 is 1.40 bits per heavy atom. The molecule has 2 rings (SSSR count). The summed E-state index contributed by atoms with van der Waals surface area (Å²) < 4.78 is 33.2. The Morgan fingerprint density at radius 2 is 2.10 bits per heavy atom. The highest BCUT2D eigenvalue weighted by Crippen LogP contribution is 2.26. The van der Waals surface area contributed by atoms with Gasteiger partial charge >= 0.3 is 0 Å². The highest BCUT2D eigenvalue weighted by atomic mass is 32.2. The molecule has 1 heterocycles. The zero-order valence-electron chi connectivity index (χ0n) is 12.1. The molecule has 2 unspecified atom stereocenters. The minimum absolute atomic E-state index is 0.165. The fraction of sp³-hybridized carbons (Fsp3) is 0.571. The number of hydrogen-bond acceptors (Lipinski definition) is 4. The molecular weight excluding hydrogens is 276 g/mol. The molecule has 0 saturated carbocycles. The zero-order chi connectivity index (χ0) is 14.9. The second-order valence-corrected chi connectivity index (χ2v) is 7.11. The van der Waals surface area contributed by atoms with Crippen molar-refractivity contribution in [1.82, 2.24) is 4.72 Å². The third-order valence-electron chi connectivity index (χ3n) is 3.99. The smallest absolute Gasteiger partial charge is 0.243 e. The molecule has 1 aliphatic heterocycles. The van der Waals surface area contributed by atoms with Crippen LogP contribution in [0.5, 0.6) is 0 Å². The van der Waals surface area contributed by atoms with Crippen molar-refractivity contribution in [3.05, 3.63) is 23.3 Å². The van der Waals surface area contributed by atoms with Gasteiger partial charge in [-0.1, -0.05) is 6.07 Å². The summed E-state index contributed by atoms with van der Waals surface area (Å²) >= 11 is 0. The molecule has 0 bridgehead atoms. The molecule has 1 aliphatic rings. The summed E-state index contributed by atoms with van der Waals surface area (Å²) in [5.41, 5.74) is 7.76. The van der Waals surface area contributed by atoms with Crippen molar-refractivity contribution < 1.29 is 13.2 Å². The van der Waals surface area contributed by atoms with Gasteiger partial charge in [0, 0.05) is 18.6 Å². The van der Waals surface area contributed by atoms with E-state index in [0.717, 1.165) is 12.0 Å². The summed E-state index contributed by atoms with van der Waals surface area (Å²) in [6, 6.07) is 3.31. The molecule has 112 valence electrons. The number of rotatable bonds is 4. The lowest BCUT2D eigenvalue weighted by Gasteiger charge is -2.21. The highest BCUT2D eigenvalue weighted by Gasteiger charge is 2.28. The first-order chi connectivity index (χ1) is 9.33. The third-order valence-corrected chi connectivity index (χ3v) is 5.75. The van der Waals surface area contributed by atoms with E-state index in [0.29, 0.717) is 18.8 Å². The molecule has 6 heteroatoms. The van der Waals surface area contributed by atoms with Crippen LogP contribution in [0.4, 0.5) is 5.69 Å². The van der Waals surface area contributed by atoms with Gasteiger partial charge in [0.1, 0.15) is 4.90 Å². The Kier molecular flexibility index (Phi) is 4.36. The summed E-state index contributed by atoms with van der Waals surface area (Å²) in [5, 5.41) is 0. The molecule has 0 aromatic heterocycles. The van der Waals surface area contributed by atoms with Gasteiger partial charge in [-0.05, 0) is 44.4 Å². The van der Waals surface area contributed by atoms with Crippen LogP contribution in [-0.4, -0.2) is 27.7 Å². The first-order valence-electron chi connectivity index (χ1n) is 6.78. The van der Waals surface area contributed by atoms with Crippen LogP contribution in [0.2, 0.25) is 0 Å². The van der Waals surface area contributed by atoms with Gasteiger partial charge in [0.25, 0.3) is 0 Å². The Hall–Kier alpha value is -1.11. The van der Waals surface area contributed by atoms with E-state index < -0.39 is 10.0 Å². The Labute approximate surface area is 120 Å². The monoisotopic (exact) mass is 298 g/mol. The third kappa shape index (κ3) is 2.97. The van der Waals surface area contributed by atoms with Gasteiger partial charge in [-0.25, -0.2) is 13.1 Å². The van der Waals surface area contributed by atoms with Crippen molar-refractivity contribution in [2.45, 2.75) is 38.1 Å². The van der Waals surface area contributed by atoms with E-state index in [1.54, 1.807) is 13.0 Å². The molecule has 2 atom stereocenters. The minimum Gasteiger partial charge on any atom is -0.398 e. The van der Waals surface area contributed by atoms with Crippen LogP contribution in [0.15, 0.2) is 17.0 Å². The second-order valence-electron chi connectivity index (χ2n) is 5.46. The quantitative estimate of drug-likeness (QED) is 0.827. The predicted octanol–water partition coefficient (Wildman–Crippen LogP) is 1.59. The topological polar surface area (TPSA) is 81.4 Å². The van der Waals surface area contributed by atoms with Crippen molar-refractivity contribution in [1.29, 1.82) is 0 Å². The van der Waals surface area contributed by atoms with Crippen LogP contribution >= 0.6 is 0 Å². The van der Waals surface area contributed by atoms with E-state index >= 15 is 0 Å². The number of nitrogens with one attached hydrogen (secondary N) is 1. The second kappa shape index (κ2) is 5.71. The summed E-state index contributed by atoms with van der Waals surface area (Å²) in [6.07, 6.45) is 0.881. The summed E-state index contributed by atoms with van der Waals surface area (Å²) in [5.74, 6) is 0.219. The lowest BCUT2D eigenvalue weighted by atomic mass is 10.0. The number of nitrogens with two attached hydrogens (primary N) is 1. The maximum atomic E-state index is 12.6. The van der Waals surface area contributed by atoms with Crippen molar-refractivity contribution in [3.63, 3.8) is 0 Å². The predicted molar refractivity (Wildman–Crippen MR) is 79.0 cm³/mol. The van der Waals surface area contributed by atoms with Gasteiger partial charge in [0.15, 0.2) is 0 Å². The number of sulfonamides is 1. The molecule has 1 aromatic rings. The molecule has 3 N–H and O–H groups in total. The van der Waals surface area contributed by atoms with Crippen molar-refractivity contribution >= 4 is 15.7 Å². The molecule has 1 saturated heterocycles. The maximum Gasteiger partial charge on any atom is 0.243 e. The summed E-state index contributed by atoms with van der Waals surface area (Å²) in [6.45, 7) is 6.83. The standard InChI is InChI=1S/C14H22N2O3S/c1-9-4-5-13(15)14(10(9)2)20(17,18)16-11(3)12-6-7-19-8-12/h4-5,11-12,16H,6-8,15H2,1-3H3. The van der Waals surface area contributed by atoms with Crippen LogP contribution < -0.4 is 10.5 Å². The van der Waals surface area contributed by atoms with Gasteiger partial charge in [-0.15, -0.1) is 0 Å². The van der Waals surface area contributed by atoms with Gasteiger partial charge in [0.05, 0.1) is 12.3 Å². The van der Waals surface area contributed by atoms with E-state index in [9.17, 15) is 8.42 Å². The molecule has 5 nitrogen and oxygen atoms in total. The molecule has 1 aromatic carbocycles. The normalized spacial score (nSPS) is 21.1. The van der Waals surface area contributed by atoms with Gasteiger partial charge < -0.3 is 10.5 Å². The maximum absolute atomic E-state index is 12.6. The Morgan fingerprint density at radius 3 is 2.70 bits per heavy atom. The van der Waals surface area contributed by atoms with Crippen LogP contribution in [-0.2, 0) is 14.8 Å². The Bertz CT molecular complexity index is 593. The van der Waals surface area contributed by atoms with Crippen molar-refractivity contribution in [2.75, 3.05) is 18.9 Å². The SMILES string of the molecule is Cc1ccc(N)c(S(=O)(=O)NC(C)C2CCOC2)c1C. The van der Waals surface area contributed by atoms with Crippen LogP contribution in [0, 0.1) is 19.8 Å². The molecule has 0 radical (unpaired) electrons. The van der Waals surface area contributed by atoms with E-state index in [-0.39, 0.29) is 22.5 Å². The molecule has 0 amide bonds. The fourth-order valence-electron chi connectivity index (χ4n) is 2.51. The van der Waals surface area contributed by atoms with Crippen LogP contribution in [0.1, 0.15) is 24.5 Å². The molecule has 0 aliphatic carbocycles. The van der Waals surface area contributed by atoms with Crippen LogP contribution in [0.25, 0.3) is 0 Å². The van der Waals surface area contributed by atoms with Gasteiger partial charge in [0.2, 0.25) is 10.0 Å². The van der Waals surface area contributed by atoms with Crippen molar-refractivity contribution in [3.8, 4) is 0 Å². The number of anilines is 1. The van der Waals surface area contributed by atoms with E-state index in [1.807, 2.05) is 19.9 Å². The van der Waals surface area contributed by atoms with E-state index in [4.69, 9.17) is 10.5 Å². The first-order valence-corrected chi connectivity index (χ1v) is 8.27. The van der Waals surface area contributed by atoms with Crippen LogP contribution in [0.3, 0.4) is 0 Å². The number of ether oxygens (including phenoxy) is 1. The average molecular weight is 298 g/mol. The minimum atomic E-state index is -3.61. The number of hydrogen-bond donors (Lipinski definition) is 2. The van der Waals surface area contributed by atoms with Gasteiger partial charge in [-0.2, -0.15) is 0 Å². The Balaban J connectivity index is 2.29. The summed E-state index contributed by atoms with van der Waals surface area (Å²) in [7, 11) is -3.61. The average Bonchev–Trinajstić information content (AvgIpc) is 2.87. The van der Waals surface area contributed by atoms with E-state index in [2.05, 4.69) is 4.72 Å². The number of aryl methyl sites for hydroxylation is 1. The number of nitrogen functional groups attached to an aromatic ring is 1. The lowest BCUT2D eigenvalue weighted by molar-refractivity contribution is 0.180. The fourth-order valence-corrected chi connectivity index (χ4v) is 4.26. The zero-order valence-corrected chi connectivity index (χ0v) is 13.0. The summed E-state index contributed by atoms with van der Waals surface area (Å²) in [4.78, 5) is 0.197. The largest absolute Gasteiger partial charge is 0.398 e.